The molecule has 0 aliphatic carbocycles. The molecule has 0 saturated carbocycles. The Labute approximate surface area is 122 Å². The Kier molecular flexibility index (Phi) is 6.84. The van der Waals surface area contributed by atoms with E-state index in [4.69, 9.17) is 4.42 Å². The molecule has 106 valence electrons. The van der Waals surface area contributed by atoms with Crippen LogP contribution in [0.5, 0.6) is 0 Å². The van der Waals surface area contributed by atoms with Crippen LogP contribution in [-0.2, 0) is 0 Å². The Morgan fingerprint density at radius 2 is 1.89 bits per heavy atom. The van der Waals surface area contributed by atoms with Gasteiger partial charge in [-0.1, -0.05) is 42.1 Å². The standard InChI is InChI=1S/C14H20BrNO3/c1-3-4-5-6-9-16(2)14(18)13-8-7-12(19-13)11(17)10-15/h7-8H,3-6,9-10H2,1-2H3. The summed E-state index contributed by atoms with van der Waals surface area (Å²) < 4.78 is 5.28. The molecule has 0 fully saturated rings. The maximum atomic E-state index is 12.0. The Hall–Kier alpha value is -1.10. The van der Waals surface area contributed by atoms with Gasteiger partial charge in [-0.2, -0.15) is 0 Å². The molecule has 1 rings (SSSR count). The first-order valence-corrected chi connectivity index (χ1v) is 7.66. The summed E-state index contributed by atoms with van der Waals surface area (Å²) in [6.45, 7) is 2.86. The van der Waals surface area contributed by atoms with Crippen LogP contribution in [0.25, 0.3) is 0 Å². The van der Waals surface area contributed by atoms with Crippen molar-refractivity contribution in [2.45, 2.75) is 32.6 Å². The number of rotatable bonds is 8. The highest BCUT2D eigenvalue weighted by molar-refractivity contribution is 9.09. The average Bonchev–Trinajstić information content (AvgIpc) is 2.91. The molecule has 4 nitrogen and oxygen atoms in total. The second-order valence-corrected chi connectivity index (χ2v) is 5.07. The molecular weight excluding hydrogens is 310 g/mol. The summed E-state index contributed by atoms with van der Waals surface area (Å²) in [4.78, 5) is 25.1. The van der Waals surface area contributed by atoms with Crippen LogP contribution in [0.15, 0.2) is 16.5 Å². The van der Waals surface area contributed by atoms with Gasteiger partial charge in [-0.25, -0.2) is 0 Å². The lowest BCUT2D eigenvalue weighted by atomic mass is 10.2. The van der Waals surface area contributed by atoms with Crippen LogP contribution in [0.4, 0.5) is 0 Å². The predicted octanol–water partition coefficient (Wildman–Crippen LogP) is 3.51. The van der Waals surface area contributed by atoms with E-state index in [2.05, 4.69) is 22.9 Å². The zero-order chi connectivity index (χ0) is 14.3. The van der Waals surface area contributed by atoms with Gasteiger partial charge in [0.15, 0.2) is 11.5 Å². The smallest absolute Gasteiger partial charge is 0.289 e. The topological polar surface area (TPSA) is 50.5 Å². The summed E-state index contributed by atoms with van der Waals surface area (Å²) >= 11 is 3.07. The van der Waals surface area contributed by atoms with Gasteiger partial charge in [-0.05, 0) is 18.6 Å². The summed E-state index contributed by atoms with van der Waals surface area (Å²) in [6.07, 6.45) is 4.48. The van der Waals surface area contributed by atoms with Crippen molar-refractivity contribution in [2.24, 2.45) is 0 Å². The van der Waals surface area contributed by atoms with Gasteiger partial charge in [0.1, 0.15) is 0 Å². The highest BCUT2D eigenvalue weighted by atomic mass is 79.9. The largest absolute Gasteiger partial charge is 0.448 e. The Bertz CT molecular complexity index is 428. The number of hydrogen-bond donors (Lipinski definition) is 0. The molecule has 0 radical (unpaired) electrons. The van der Waals surface area contributed by atoms with Gasteiger partial charge in [-0.3, -0.25) is 9.59 Å². The minimum Gasteiger partial charge on any atom is -0.448 e. The van der Waals surface area contributed by atoms with Crippen molar-refractivity contribution in [3.8, 4) is 0 Å². The number of unbranched alkanes of at least 4 members (excludes halogenated alkanes) is 3. The molecule has 0 spiro atoms. The molecule has 5 heteroatoms. The van der Waals surface area contributed by atoms with E-state index in [1.165, 1.54) is 12.8 Å². The zero-order valence-corrected chi connectivity index (χ0v) is 13.0. The molecule has 19 heavy (non-hydrogen) atoms. The number of carbonyl (C=O) groups is 2. The lowest BCUT2D eigenvalue weighted by Crippen LogP contribution is -2.27. The first-order valence-electron chi connectivity index (χ1n) is 6.54. The van der Waals surface area contributed by atoms with Crippen LogP contribution >= 0.6 is 15.9 Å². The van der Waals surface area contributed by atoms with Crippen molar-refractivity contribution in [2.75, 3.05) is 18.9 Å². The van der Waals surface area contributed by atoms with Gasteiger partial charge in [-0.15, -0.1) is 0 Å². The normalized spacial score (nSPS) is 10.5. The van der Waals surface area contributed by atoms with Crippen LogP contribution in [-0.4, -0.2) is 35.5 Å². The maximum Gasteiger partial charge on any atom is 0.289 e. The fraction of sp³-hybridized carbons (Fsp3) is 0.571. The van der Waals surface area contributed by atoms with Crippen molar-refractivity contribution in [1.29, 1.82) is 0 Å². The third-order valence-corrected chi connectivity index (χ3v) is 3.42. The third-order valence-electron chi connectivity index (χ3n) is 2.91. The number of carbonyl (C=O) groups excluding carboxylic acids is 2. The monoisotopic (exact) mass is 329 g/mol. The van der Waals surface area contributed by atoms with Crippen LogP contribution < -0.4 is 0 Å². The Morgan fingerprint density at radius 1 is 1.21 bits per heavy atom. The predicted molar refractivity (Wildman–Crippen MR) is 77.9 cm³/mol. The number of alkyl halides is 1. The van der Waals surface area contributed by atoms with Gasteiger partial charge < -0.3 is 9.32 Å². The third kappa shape index (κ3) is 4.82. The zero-order valence-electron chi connectivity index (χ0n) is 11.4. The van der Waals surface area contributed by atoms with Crippen LogP contribution in [0.1, 0.15) is 53.7 Å². The molecule has 1 amide bonds. The molecule has 0 unspecified atom stereocenters. The number of nitrogens with zero attached hydrogens (tertiary/aromatic N) is 1. The van der Waals surface area contributed by atoms with Gasteiger partial charge in [0.2, 0.25) is 5.78 Å². The lowest BCUT2D eigenvalue weighted by molar-refractivity contribution is 0.0758. The molecule has 0 aromatic carbocycles. The van der Waals surface area contributed by atoms with Gasteiger partial charge in [0.25, 0.3) is 5.91 Å². The Morgan fingerprint density at radius 3 is 2.53 bits per heavy atom. The van der Waals surface area contributed by atoms with Crippen molar-refractivity contribution in [3.05, 3.63) is 23.7 Å². The highest BCUT2D eigenvalue weighted by Gasteiger charge is 2.17. The number of hydrogen-bond acceptors (Lipinski definition) is 3. The van der Waals surface area contributed by atoms with Crippen LogP contribution in [0.3, 0.4) is 0 Å². The number of amides is 1. The minimum absolute atomic E-state index is 0.162. The number of Topliss-reactive ketones (excluding diaryl/α,β-unsaturated/α-hetero) is 1. The quantitative estimate of drug-likeness (QED) is 0.416. The molecule has 0 bridgehead atoms. The van der Waals surface area contributed by atoms with Crippen molar-refractivity contribution in [1.82, 2.24) is 4.90 Å². The SMILES string of the molecule is CCCCCCN(C)C(=O)c1ccc(C(=O)CBr)o1. The summed E-state index contributed by atoms with van der Waals surface area (Å²) in [5.74, 6) is 0.108. The van der Waals surface area contributed by atoms with Gasteiger partial charge in [0, 0.05) is 13.6 Å². The second kappa shape index (κ2) is 8.15. The van der Waals surface area contributed by atoms with Gasteiger partial charge >= 0.3 is 0 Å². The molecule has 0 atom stereocenters. The average molecular weight is 330 g/mol. The lowest BCUT2D eigenvalue weighted by Gasteiger charge is -2.15. The molecule has 0 aliphatic rings. The van der Waals surface area contributed by atoms with Crippen LogP contribution in [0, 0.1) is 0 Å². The van der Waals surface area contributed by atoms with E-state index in [1.54, 1.807) is 24.1 Å². The van der Waals surface area contributed by atoms with Crippen molar-refractivity contribution < 1.29 is 14.0 Å². The number of ketones is 1. The fourth-order valence-corrected chi connectivity index (χ4v) is 2.01. The van der Waals surface area contributed by atoms with E-state index in [0.29, 0.717) is 6.54 Å². The summed E-state index contributed by atoms with van der Waals surface area (Å²) in [7, 11) is 1.75. The molecule has 0 N–H and O–H groups in total. The minimum atomic E-state index is -0.176. The number of halogens is 1. The van der Waals surface area contributed by atoms with E-state index in [-0.39, 0.29) is 28.5 Å². The highest BCUT2D eigenvalue weighted by Crippen LogP contribution is 2.12. The fourth-order valence-electron chi connectivity index (χ4n) is 1.73. The molecule has 0 aliphatic heterocycles. The van der Waals surface area contributed by atoms with Gasteiger partial charge in [0.05, 0.1) is 5.33 Å². The van der Waals surface area contributed by atoms with E-state index in [1.807, 2.05) is 0 Å². The van der Waals surface area contributed by atoms with Crippen LogP contribution in [0.2, 0.25) is 0 Å². The van der Waals surface area contributed by atoms with E-state index in [0.717, 1.165) is 12.8 Å². The van der Waals surface area contributed by atoms with E-state index < -0.39 is 0 Å². The Balaban J connectivity index is 2.52. The maximum absolute atomic E-state index is 12.0. The number of furan rings is 1. The molecule has 1 aromatic heterocycles. The first-order chi connectivity index (χ1) is 9.10. The molecular formula is C14H20BrNO3. The molecule has 1 heterocycles. The first kappa shape index (κ1) is 16.0. The van der Waals surface area contributed by atoms with E-state index in [9.17, 15) is 9.59 Å². The summed E-state index contributed by atoms with van der Waals surface area (Å²) in [5, 5.41) is 0.195. The van der Waals surface area contributed by atoms with E-state index >= 15 is 0 Å². The summed E-state index contributed by atoms with van der Waals surface area (Å²) in [5.41, 5.74) is 0. The molecule has 1 aromatic rings. The molecule has 0 saturated heterocycles. The van der Waals surface area contributed by atoms with Crippen molar-refractivity contribution >= 4 is 27.6 Å². The second-order valence-electron chi connectivity index (χ2n) is 4.51. The summed E-state index contributed by atoms with van der Waals surface area (Å²) in [6, 6.07) is 3.10. The van der Waals surface area contributed by atoms with Crippen molar-refractivity contribution in [3.63, 3.8) is 0 Å².